The molecule has 1 aliphatic heterocycles. The summed E-state index contributed by atoms with van der Waals surface area (Å²) >= 11 is 0.942. The summed E-state index contributed by atoms with van der Waals surface area (Å²) < 4.78 is 16.7. The summed E-state index contributed by atoms with van der Waals surface area (Å²) in [5, 5.41) is 11.5. The predicted molar refractivity (Wildman–Crippen MR) is 152 cm³/mol. The van der Waals surface area contributed by atoms with Gasteiger partial charge in [0.05, 0.1) is 37.6 Å². The number of thiazole rings is 1. The van der Waals surface area contributed by atoms with Crippen molar-refractivity contribution in [1.82, 2.24) is 4.98 Å². The molecule has 3 aromatic rings. The summed E-state index contributed by atoms with van der Waals surface area (Å²) in [6.45, 7) is 8.55. The monoisotopic (exact) mass is 564 g/mol. The number of carbonyl (C=O) groups excluding carboxylic acids is 3. The molecule has 1 atom stereocenters. The summed E-state index contributed by atoms with van der Waals surface area (Å²) in [4.78, 5) is 45.1. The van der Waals surface area contributed by atoms with Crippen LogP contribution in [0.15, 0.2) is 54.1 Å². The van der Waals surface area contributed by atoms with Crippen LogP contribution in [0.5, 0.6) is 11.5 Å². The van der Waals surface area contributed by atoms with E-state index in [1.807, 2.05) is 6.92 Å². The highest BCUT2D eigenvalue weighted by atomic mass is 32.1. The molecule has 9 nitrogen and oxygen atoms in total. The molecule has 1 saturated heterocycles. The second kappa shape index (κ2) is 12.3. The fourth-order valence-electron chi connectivity index (χ4n) is 4.35. The van der Waals surface area contributed by atoms with Crippen LogP contribution in [0.1, 0.15) is 59.7 Å². The van der Waals surface area contributed by atoms with E-state index in [1.54, 1.807) is 55.5 Å². The number of benzene rings is 2. The minimum atomic E-state index is -1.04. The van der Waals surface area contributed by atoms with Crippen LogP contribution < -0.4 is 14.4 Å². The SMILES string of the molecule is CCOc1cc(C2/C(=C(\O)c3ccccc3)C(=O)C(=O)N2c2nc(C)c(C(=O)OC)s2)ccc1OCCC(C)C. The molecule has 0 aliphatic carbocycles. The summed E-state index contributed by atoms with van der Waals surface area (Å²) in [6, 6.07) is 12.7. The lowest BCUT2D eigenvalue weighted by Crippen LogP contribution is -2.29. The maximum atomic E-state index is 13.5. The molecule has 0 saturated carbocycles. The van der Waals surface area contributed by atoms with E-state index in [1.165, 1.54) is 12.0 Å². The number of aromatic nitrogens is 1. The van der Waals surface area contributed by atoms with Crippen LogP contribution >= 0.6 is 11.3 Å². The van der Waals surface area contributed by atoms with Gasteiger partial charge in [-0.2, -0.15) is 0 Å². The molecule has 1 aromatic heterocycles. The van der Waals surface area contributed by atoms with E-state index < -0.39 is 23.7 Å². The molecule has 40 heavy (non-hydrogen) atoms. The number of aryl methyl sites for hydroxylation is 1. The number of anilines is 1. The van der Waals surface area contributed by atoms with Gasteiger partial charge in [0.2, 0.25) is 0 Å². The number of aliphatic hydroxyl groups is 1. The van der Waals surface area contributed by atoms with Crippen LogP contribution in [-0.4, -0.2) is 48.1 Å². The molecule has 0 radical (unpaired) electrons. The van der Waals surface area contributed by atoms with Gasteiger partial charge in [0.25, 0.3) is 5.78 Å². The van der Waals surface area contributed by atoms with Crippen molar-refractivity contribution in [3.8, 4) is 11.5 Å². The van der Waals surface area contributed by atoms with Crippen molar-refractivity contribution in [1.29, 1.82) is 0 Å². The number of carbonyl (C=O) groups is 3. The van der Waals surface area contributed by atoms with Crippen molar-refractivity contribution in [2.75, 3.05) is 25.2 Å². The first kappa shape index (κ1) is 28.8. The first-order chi connectivity index (χ1) is 19.2. The third-order valence-electron chi connectivity index (χ3n) is 6.39. The van der Waals surface area contributed by atoms with Gasteiger partial charge >= 0.3 is 11.9 Å². The molecule has 0 spiro atoms. The lowest BCUT2D eigenvalue weighted by Gasteiger charge is -2.24. The van der Waals surface area contributed by atoms with Gasteiger partial charge in [0.15, 0.2) is 16.6 Å². The van der Waals surface area contributed by atoms with E-state index in [9.17, 15) is 19.5 Å². The molecule has 1 N–H and O–H groups in total. The standard InChI is InChI=1S/C30H32N2O7S/c1-6-38-22-16-20(12-13-21(22)39-15-14-17(2)3)24-23(25(33)19-10-8-7-9-11-19)26(34)28(35)32(24)30-31-18(4)27(40-30)29(36)37-5/h7-13,16-17,24,33H,6,14-15H2,1-5H3/b25-23+. The second-order valence-electron chi connectivity index (χ2n) is 9.61. The number of amides is 1. The number of ketones is 1. The third kappa shape index (κ3) is 5.72. The molecule has 210 valence electrons. The van der Waals surface area contributed by atoms with E-state index in [0.717, 1.165) is 17.8 Å². The third-order valence-corrected chi connectivity index (χ3v) is 7.53. The van der Waals surface area contributed by atoms with Crippen molar-refractivity contribution in [3.63, 3.8) is 0 Å². The van der Waals surface area contributed by atoms with Gasteiger partial charge in [-0.1, -0.05) is 61.6 Å². The first-order valence-corrected chi connectivity index (χ1v) is 13.8. The van der Waals surface area contributed by atoms with Crippen LogP contribution in [-0.2, 0) is 14.3 Å². The molecule has 1 amide bonds. The molecule has 10 heteroatoms. The zero-order chi connectivity index (χ0) is 29.0. The zero-order valence-electron chi connectivity index (χ0n) is 23.1. The summed E-state index contributed by atoms with van der Waals surface area (Å²) in [6.07, 6.45) is 0.858. The maximum absolute atomic E-state index is 13.5. The predicted octanol–water partition coefficient (Wildman–Crippen LogP) is 5.69. The van der Waals surface area contributed by atoms with Gasteiger partial charge in [-0.05, 0) is 43.9 Å². The van der Waals surface area contributed by atoms with Crippen molar-refractivity contribution < 1.29 is 33.7 Å². The molecule has 4 rings (SSSR count). The Balaban J connectivity index is 1.89. The molecular formula is C30H32N2O7S. The van der Waals surface area contributed by atoms with Crippen LogP contribution in [0.2, 0.25) is 0 Å². The topological polar surface area (TPSA) is 115 Å². The summed E-state index contributed by atoms with van der Waals surface area (Å²) in [5.41, 5.74) is 1.15. The molecule has 0 bridgehead atoms. The average Bonchev–Trinajstić information content (AvgIpc) is 3.45. The number of esters is 1. The Bertz CT molecular complexity index is 1450. The second-order valence-corrected chi connectivity index (χ2v) is 10.6. The largest absolute Gasteiger partial charge is 0.507 e. The van der Waals surface area contributed by atoms with Crippen LogP contribution in [0.3, 0.4) is 0 Å². The molecule has 1 unspecified atom stereocenters. The zero-order valence-corrected chi connectivity index (χ0v) is 23.9. The highest BCUT2D eigenvalue weighted by Crippen LogP contribution is 2.45. The number of hydrogen-bond donors (Lipinski definition) is 1. The molecule has 1 fully saturated rings. The number of nitrogens with zero attached hydrogens (tertiary/aromatic N) is 2. The normalized spacial score (nSPS) is 16.4. The molecular weight excluding hydrogens is 532 g/mol. The van der Waals surface area contributed by atoms with E-state index in [-0.39, 0.29) is 21.3 Å². The molecule has 2 heterocycles. The van der Waals surface area contributed by atoms with Crippen LogP contribution in [0.4, 0.5) is 5.13 Å². The summed E-state index contributed by atoms with van der Waals surface area (Å²) in [7, 11) is 1.26. The fraction of sp³-hybridized carbons (Fsp3) is 0.333. The van der Waals surface area contributed by atoms with Crippen molar-refractivity contribution >= 4 is 39.9 Å². The van der Waals surface area contributed by atoms with Gasteiger partial charge in [-0.15, -0.1) is 0 Å². The Morgan fingerprint density at radius 2 is 1.82 bits per heavy atom. The van der Waals surface area contributed by atoms with Crippen molar-refractivity contribution in [2.45, 2.75) is 40.2 Å². The Morgan fingerprint density at radius 3 is 2.48 bits per heavy atom. The number of methoxy groups -OCH3 is 1. The number of rotatable bonds is 10. The van der Waals surface area contributed by atoms with E-state index in [0.29, 0.717) is 47.5 Å². The van der Waals surface area contributed by atoms with Crippen LogP contribution in [0.25, 0.3) is 5.76 Å². The smallest absolute Gasteiger partial charge is 0.350 e. The van der Waals surface area contributed by atoms with Crippen LogP contribution in [0, 0.1) is 12.8 Å². The van der Waals surface area contributed by atoms with Gasteiger partial charge in [0, 0.05) is 5.56 Å². The van der Waals surface area contributed by atoms with Gasteiger partial charge in [0.1, 0.15) is 10.6 Å². The Morgan fingerprint density at radius 1 is 1.10 bits per heavy atom. The highest BCUT2D eigenvalue weighted by molar-refractivity contribution is 7.17. The van der Waals surface area contributed by atoms with Gasteiger partial charge < -0.3 is 19.3 Å². The van der Waals surface area contributed by atoms with Gasteiger partial charge in [-0.25, -0.2) is 9.78 Å². The van der Waals surface area contributed by atoms with E-state index >= 15 is 0 Å². The molecule has 1 aliphatic rings. The van der Waals surface area contributed by atoms with E-state index in [2.05, 4.69) is 18.8 Å². The van der Waals surface area contributed by atoms with E-state index in [4.69, 9.17) is 14.2 Å². The maximum Gasteiger partial charge on any atom is 0.350 e. The highest BCUT2D eigenvalue weighted by Gasteiger charge is 2.48. The lowest BCUT2D eigenvalue weighted by molar-refractivity contribution is -0.132. The minimum Gasteiger partial charge on any atom is -0.507 e. The number of Topliss-reactive ketones (excluding diaryl/α,β-unsaturated/α-hetero) is 1. The van der Waals surface area contributed by atoms with Crippen molar-refractivity contribution in [2.24, 2.45) is 5.92 Å². The Labute approximate surface area is 237 Å². The van der Waals surface area contributed by atoms with Gasteiger partial charge in [-0.3, -0.25) is 14.5 Å². The Hall–Kier alpha value is -4.18. The lowest BCUT2D eigenvalue weighted by atomic mass is 9.95. The first-order valence-electron chi connectivity index (χ1n) is 13.0. The average molecular weight is 565 g/mol. The van der Waals surface area contributed by atoms with Crippen molar-refractivity contribution in [3.05, 3.63) is 75.8 Å². The number of hydrogen-bond acceptors (Lipinski definition) is 9. The fourth-order valence-corrected chi connectivity index (χ4v) is 5.36. The number of ether oxygens (including phenoxy) is 3. The summed E-state index contributed by atoms with van der Waals surface area (Å²) in [5.74, 6) is -1.21. The number of aliphatic hydroxyl groups excluding tert-OH is 1. The molecule has 2 aromatic carbocycles. The minimum absolute atomic E-state index is 0.0976. The Kier molecular flexibility index (Phi) is 8.89. The quantitative estimate of drug-likeness (QED) is 0.145.